The van der Waals surface area contributed by atoms with Gasteiger partial charge < -0.3 is 9.30 Å². The van der Waals surface area contributed by atoms with Crippen LogP contribution in [0.1, 0.15) is 48.5 Å². The van der Waals surface area contributed by atoms with Crippen molar-refractivity contribution in [1.29, 1.82) is 0 Å². The van der Waals surface area contributed by atoms with E-state index < -0.39 is 0 Å². The highest BCUT2D eigenvalue weighted by atomic mass is 16.5. The Bertz CT molecular complexity index is 1220. The van der Waals surface area contributed by atoms with Gasteiger partial charge in [-0.05, 0) is 60.5 Å². The highest BCUT2D eigenvalue weighted by Gasteiger charge is 2.10. The van der Waals surface area contributed by atoms with E-state index in [0.717, 1.165) is 17.9 Å². The number of hydrogen-bond donors (Lipinski definition) is 0. The minimum absolute atomic E-state index is 0.0129. The molecule has 0 aliphatic carbocycles. The van der Waals surface area contributed by atoms with Gasteiger partial charge in [0.1, 0.15) is 5.75 Å². The number of ketones is 1. The summed E-state index contributed by atoms with van der Waals surface area (Å²) in [7, 11) is 1.62. The summed E-state index contributed by atoms with van der Waals surface area (Å²) in [5.41, 5.74) is 4.23. The summed E-state index contributed by atoms with van der Waals surface area (Å²) in [5.74, 6) is 0.734. The number of carbonyl (C=O) groups excluding carboxylic acids is 1. The molecule has 4 aromatic rings. The van der Waals surface area contributed by atoms with Crippen molar-refractivity contribution in [2.45, 2.75) is 39.2 Å². The molecule has 31 heavy (non-hydrogen) atoms. The minimum atomic E-state index is -0.0129. The number of fused-ring (bicyclic) bond motifs is 3. The van der Waals surface area contributed by atoms with E-state index in [0.29, 0.717) is 5.56 Å². The van der Waals surface area contributed by atoms with Crippen LogP contribution in [-0.4, -0.2) is 17.5 Å². The molecule has 0 saturated carbocycles. The number of carbonyl (C=O) groups is 1. The van der Waals surface area contributed by atoms with Gasteiger partial charge in [0, 0.05) is 33.9 Å². The van der Waals surface area contributed by atoms with Crippen molar-refractivity contribution >= 4 is 33.7 Å². The summed E-state index contributed by atoms with van der Waals surface area (Å²) in [4.78, 5) is 12.5. The number of methoxy groups -OCH3 is 1. The molecule has 0 aliphatic heterocycles. The number of nitrogens with zero attached hydrogens (tertiary/aromatic N) is 1. The van der Waals surface area contributed by atoms with Gasteiger partial charge in [-0.1, -0.05) is 56.5 Å². The van der Waals surface area contributed by atoms with Crippen molar-refractivity contribution < 1.29 is 9.53 Å². The highest BCUT2D eigenvalue weighted by Crippen LogP contribution is 2.30. The molecule has 0 spiro atoms. The Morgan fingerprint density at radius 1 is 0.903 bits per heavy atom. The number of aromatic nitrogens is 1. The van der Waals surface area contributed by atoms with Gasteiger partial charge in [-0.15, -0.1) is 0 Å². The highest BCUT2D eigenvalue weighted by molar-refractivity contribution is 6.10. The van der Waals surface area contributed by atoms with Crippen LogP contribution < -0.4 is 4.74 Å². The molecule has 1 aromatic heterocycles. The molecule has 1 heterocycles. The van der Waals surface area contributed by atoms with Gasteiger partial charge in [-0.25, -0.2) is 0 Å². The fourth-order valence-electron chi connectivity index (χ4n) is 4.14. The monoisotopic (exact) mass is 411 g/mol. The van der Waals surface area contributed by atoms with Gasteiger partial charge in [0.15, 0.2) is 5.78 Å². The Morgan fingerprint density at radius 3 is 2.45 bits per heavy atom. The maximum absolute atomic E-state index is 12.5. The molecule has 0 saturated heterocycles. The van der Waals surface area contributed by atoms with E-state index in [1.807, 2.05) is 18.2 Å². The van der Waals surface area contributed by atoms with Crippen LogP contribution in [0.3, 0.4) is 0 Å². The fourth-order valence-corrected chi connectivity index (χ4v) is 4.14. The van der Waals surface area contributed by atoms with Gasteiger partial charge in [-0.2, -0.15) is 0 Å². The van der Waals surface area contributed by atoms with E-state index in [4.69, 9.17) is 4.74 Å². The minimum Gasteiger partial charge on any atom is -0.497 e. The van der Waals surface area contributed by atoms with Crippen LogP contribution in [-0.2, 0) is 6.54 Å². The van der Waals surface area contributed by atoms with Crippen molar-refractivity contribution in [2.24, 2.45) is 0 Å². The SMILES string of the molecule is CCCCCCn1c2ccccc2c2cc(/C=C/C(=O)c3ccc(OC)cc3)ccc21. The van der Waals surface area contributed by atoms with Gasteiger partial charge in [-0.3, -0.25) is 4.79 Å². The lowest BCUT2D eigenvalue weighted by molar-refractivity contribution is 0.104. The van der Waals surface area contributed by atoms with Crippen LogP contribution in [0, 0.1) is 0 Å². The van der Waals surface area contributed by atoms with E-state index in [-0.39, 0.29) is 5.78 Å². The second-order valence-corrected chi connectivity index (χ2v) is 7.93. The number of para-hydroxylation sites is 1. The number of rotatable bonds is 9. The number of hydrogen-bond acceptors (Lipinski definition) is 2. The summed E-state index contributed by atoms with van der Waals surface area (Å²) in [6.45, 7) is 3.28. The molecular weight excluding hydrogens is 382 g/mol. The first kappa shape index (κ1) is 20.9. The summed E-state index contributed by atoms with van der Waals surface area (Å²) >= 11 is 0. The maximum Gasteiger partial charge on any atom is 0.185 e. The van der Waals surface area contributed by atoms with Crippen LogP contribution in [0.5, 0.6) is 5.75 Å². The normalized spacial score (nSPS) is 11.5. The molecule has 0 radical (unpaired) electrons. The predicted octanol–water partition coefficient (Wildman–Crippen LogP) is 7.28. The first-order valence-electron chi connectivity index (χ1n) is 11.1. The third-order valence-electron chi connectivity index (χ3n) is 5.83. The van der Waals surface area contributed by atoms with Crippen LogP contribution in [0.2, 0.25) is 0 Å². The summed E-state index contributed by atoms with van der Waals surface area (Å²) in [6.07, 6.45) is 8.54. The lowest BCUT2D eigenvalue weighted by Crippen LogP contribution is -1.97. The molecule has 3 aromatic carbocycles. The van der Waals surface area contributed by atoms with E-state index in [1.54, 1.807) is 25.3 Å². The first-order valence-corrected chi connectivity index (χ1v) is 11.1. The molecule has 4 rings (SSSR count). The van der Waals surface area contributed by atoms with Crippen molar-refractivity contribution in [2.75, 3.05) is 7.11 Å². The molecule has 0 amide bonds. The molecule has 3 nitrogen and oxygen atoms in total. The zero-order valence-corrected chi connectivity index (χ0v) is 18.3. The largest absolute Gasteiger partial charge is 0.497 e. The van der Waals surface area contributed by atoms with Gasteiger partial charge >= 0.3 is 0 Å². The van der Waals surface area contributed by atoms with Gasteiger partial charge in [0.25, 0.3) is 0 Å². The fraction of sp³-hybridized carbons (Fsp3) is 0.250. The summed E-state index contributed by atoms with van der Waals surface area (Å²) < 4.78 is 7.60. The molecule has 0 unspecified atom stereocenters. The van der Waals surface area contributed by atoms with Gasteiger partial charge in [0.05, 0.1) is 7.11 Å². The smallest absolute Gasteiger partial charge is 0.185 e. The first-order chi connectivity index (χ1) is 15.2. The Morgan fingerprint density at radius 2 is 1.68 bits per heavy atom. The second kappa shape index (κ2) is 9.65. The maximum atomic E-state index is 12.5. The van der Waals surface area contributed by atoms with E-state index in [1.165, 1.54) is 47.5 Å². The lowest BCUT2D eigenvalue weighted by atomic mass is 10.1. The second-order valence-electron chi connectivity index (χ2n) is 7.93. The van der Waals surface area contributed by atoms with E-state index in [2.05, 4.69) is 54.0 Å². The van der Waals surface area contributed by atoms with Crippen LogP contribution in [0.4, 0.5) is 0 Å². The van der Waals surface area contributed by atoms with E-state index in [9.17, 15) is 4.79 Å². The van der Waals surface area contributed by atoms with Crippen LogP contribution >= 0.6 is 0 Å². The molecular formula is C28H29NO2. The third-order valence-corrected chi connectivity index (χ3v) is 5.83. The Labute approximate surface area is 184 Å². The Hall–Kier alpha value is -3.33. The zero-order valence-electron chi connectivity index (χ0n) is 18.3. The van der Waals surface area contributed by atoms with Crippen molar-refractivity contribution in [3.05, 3.63) is 83.9 Å². The molecule has 0 atom stereocenters. The van der Waals surface area contributed by atoms with Crippen molar-refractivity contribution in [1.82, 2.24) is 4.57 Å². The molecule has 0 N–H and O–H groups in total. The number of allylic oxidation sites excluding steroid dienone is 1. The summed E-state index contributed by atoms with van der Waals surface area (Å²) in [6, 6.07) is 22.3. The van der Waals surface area contributed by atoms with Crippen LogP contribution in [0.15, 0.2) is 72.8 Å². The topological polar surface area (TPSA) is 31.2 Å². The standard InChI is InChI=1S/C28H29NO2/c1-3-4-5-8-19-29-26-10-7-6-9-24(26)25-20-21(11-17-27(25)29)12-18-28(30)22-13-15-23(31-2)16-14-22/h6-7,9-18,20H,3-5,8,19H2,1-2H3/b18-12+. The predicted molar refractivity (Wildman–Crippen MR) is 130 cm³/mol. The van der Waals surface area contributed by atoms with E-state index >= 15 is 0 Å². The van der Waals surface area contributed by atoms with Gasteiger partial charge in [0.2, 0.25) is 0 Å². The van der Waals surface area contributed by atoms with Crippen molar-refractivity contribution in [3.8, 4) is 5.75 Å². The average molecular weight is 412 g/mol. The summed E-state index contributed by atoms with van der Waals surface area (Å²) in [5, 5.41) is 2.51. The average Bonchev–Trinajstić information content (AvgIpc) is 3.13. The molecule has 0 bridgehead atoms. The number of aryl methyl sites for hydroxylation is 1. The quantitative estimate of drug-likeness (QED) is 0.165. The zero-order chi connectivity index (χ0) is 21.6. The number of ether oxygens (including phenoxy) is 1. The Kier molecular flexibility index (Phi) is 6.51. The number of unbranched alkanes of at least 4 members (excludes halogenated alkanes) is 3. The van der Waals surface area contributed by atoms with Crippen molar-refractivity contribution in [3.63, 3.8) is 0 Å². The Balaban J connectivity index is 1.62. The molecule has 0 aliphatic rings. The lowest BCUT2D eigenvalue weighted by Gasteiger charge is -2.07. The molecule has 0 fully saturated rings. The number of benzene rings is 3. The third kappa shape index (κ3) is 4.56. The van der Waals surface area contributed by atoms with Crippen LogP contribution in [0.25, 0.3) is 27.9 Å². The molecule has 158 valence electrons. The molecule has 3 heteroatoms.